The minimum absolute atomic E-state index is 0.218. The van der Waals surface area contributed by atoms with Gasteiger partial charge in [0.15, 0.2) is 11.5 Å². The Bertz CT molecular complexity index is 861. The second-order valence-corrected chi connectivity index (χ2v) is 5.30. The van der Waals surface area contributed by atoms with Crippen molar-refractivity contribution in [1.29, 1.82) is 0 Å². The molecule has 1 N–H and O–H groups in total. The summed E-state index contributed by atoms with van der Waals surface area (Å²) < 4.78 is 16.0. The highest BCUT2D eigenvalue weighted by molar-refractivity contribution is 5.88. The van der Waals surface area contributed by atoms with E-state index in [4.69, 9.17) is 14.2 Å². The van der Waals surface area contributed by atoms with Crippen LogP contribution in [0.2, 0.25) is 0 Å². The normalized spacial score (nSPS) is 14.0. The van der Waals surface area contributed by atoms with Gasteiger partial charge in [0, 0.05) is 11.6 Å². The molecule has 0 fully saturated rings. The summed E-state index contributed by atoms with van der Waals surface area (Å²) in [6, 6.07) is 13.0. The summed E-state index contributed by atoms with van der Waals surface area (Å²) in [4.78, 5) is 4.37. The maximum absolute atomic E-state index is 10.7. The number of pyridine rings is 1. The van der Waals surface area contributed by atoms with Crippen molar-refractivity contribution in [2.24, 2.45) is 0 Å². The Hall–Kier alpha value is -2.79. The first kappa shape index (κ1) is 13.8. The largest absolute Gasteiger partial charge is 0.497 e. The van der Waals surface area contributed by atoms with Crippen LogP contribution in [0.1, 0.15) is 17.4 Å². The molecule has 0 bridgehead atoms. The van der Waals surface area contributed by atoms with E-state index in [-0.39, 0.29) is 6.79 Å². The Morgan fingerprint density at radius 3 is 2.57 bits per heavy atom. The summed E-state index contributed by atoms with van der Waals surface area (Å²) in [7, 11) is 1.61. The number of ether oxygens (including phenoxy) is 3. The second-order valence-electron chi connectivity index (χ2n) is 5.30. The first-order valence-electron chi connectivity index (χ1n) is 7.26. The highest BCUT2D eigenvalue weighted by Gasteiger charge is 2.20. The molecule has 0 spiro atoms. The van der Waals surface area contributed by atoms with E-state index in [9.17, 15) is 5.11 Å². The van der Waals surface area contributed by atoms with Crippen LogP contribution in [0.5, 0.6) is 17.2 Å². The van der Waals surface area contributed by atoms with Crippen molar-refractivity contribution in [2.45, 2.75) is 6.10 Å². The van der Waals surface area contributed by atoms with E-state index in [1.165, 1.54) is 0 Å². The van der Waals surface area contributed by atoms with Crippen LogP contribution in [-0.2, 0) is 0 Å². The average Bonchev–Trinajstić information content (AvgIpc) is 3.06. The third-order valence-electron chi connectivity index (χ3n) is 3.98. The average molecular weight is 309 g/mol. The van der Waals surface area contributed by atoms with Gasteiger partial charge in [-0.25, -0.2) is 0 Å². The van der Waals surface area contributed by atoms with Gasteiger partial charge in [-0.2, -0.15) is 0 Å². The summed E-state index contributed by atoms with van der Waals surface area (Å²) in [6.45, 7) is 0.218. The van der Waals surface area contributed by atoms with Crippen molar-refractivity contribution in [2.75, 3.05) is 13.9 Å². The number of hydrogen-bond donors (Lipinski definition) is 1. The Labute approximate surface area is 133 Å². The first-order valence-corrected chi connectivity index (χ1v) is 7.26. The van der Waals surface area contributed by atoms with Crippen LogP contribution in [-0.4, -0.2) is 24.0 Å². The van der Waals surface area contributed by atoms with Gasteiger partial charge in [-0.3, -0.25) is 4.98 Å². The summed E-state index contributed by atoms with van der Waals surface area (Å²) >= 11 is 0. The topological polar surface area (TPSA) is 60.8 Å². The van der Waals surface area contributed by atoms with Crippen LogP contribution < -0.4 is 14.2 Å². The molecule has 1 aliphatic rings. The number of aromatic nitrogens is 1. The van der Waals surface area contributed by atoms with Crippen LogP contribution >= 0.6 is 0 Å². The molecule has 1 unspecified atom stereocenters. The van der Waals surface area contributed by atoms with Gasteiger partial charge in [-0.05, 0) is 41.3 Å². The van der Waals surface area contributed by atoms with Gasteiger partial charge in [0.25, 0.3) is 0 Å². The molecule has 1 aromatic heterocycles. The van der Waals surface area contributed by atoms with Gasteiger partial charge < -0.3 is 19.3 Å². The van der Waals surface area contributed by atoms with E-state index < -0.39 is 6.10 Å². The number of aliphatic hydroxyl groups excluding tert-OH is 1. The van der Waals surface area contributed by atoms with Crippen molar-refractivity contribution in [3.63, 3.8) is 0 Å². The predicted octanol–water partition coefficient (Wildman–Crippen LogP) is 3.05. The minimum atomic E-state index is -0.829. The fourth-order valence-electron chi connectivity index (χ4n) is 2.75. The Balaban J connectivity index is 1.80. The second kappa shape index (κ2) is 5.44. The molecule has 1 aliphatic heterocycles. The molecule has 0 amide bonds. The third-order valence-corrected chi connectivity index (χ3v) is 3.98. The maximum atomic E-state index is 10.7. The van der Waals surface area contributed by atoms with Gasteiger partial charge in [0.1, 0.15) is 11.9 Å². The van der Waals surface area contributed by atoms with E-state index in [1.807, 2.05) is 42.5 Å². The van der Waals surface area contributed by atoms with Crippen molar-refractivity contribution >= 4 is 10.8 Å². The van der Waals surface area contributed by atoms with Crippen LogP contribution in [0.15, 0.2) is 48.7 Å². The molecule has 2 heterocycles. The lowest BCUT2D eigenvalue weighted by Gasteiger charge is -2.14. The first-order chi connectivity index (χ1) is 11.3. The van der Waals surface area contributed by atoms with Crippen molar-refractivity contribution in [3.8, 4) is 17.2 Å². The lowest BCUT2D eigenvalue weighted by Crippen LogP contribution is -2.03. The molecule has 2 aromatic carbocycles. The van der Waals surface area contributed by atoms with E-state index in [2.05, 4.69) is 4.98 Å². The van der Waals surface area contributed by atoms with E-state index in [0.717, 1.165) is 22.1 Å². The van der Waals surface area contributed by atoms with Gasteiger partial charge in [0.05, 0.1) is 12.8 Å². The summed E-state index contributed by atoms with van der Waals surface area (Å²) in [5.41, 5.74) is 1.34. The predicted molar refractivity (Wildman–Crippen MR) is 84.9 cm³/mol. The van der Waals surface area contributed by atoms with Crippen molar-refractivity contribution in [1.82, 2.24) is 4.98 Å². The molecule has 3 aromatic rings. The van der Waals surface area contributed by atoms with Crippen molar-refractivity contribution < 1.29 is 19.3 Å². The minimum Gasteiger partial charge on any atom is -0.497 e. The summed E-state index contributed by atoms with van der Waals surface area (Å²) in [5, 5.41) is 12.5. The van der Waals surface area contributed by atoms with E-state index >= 15 is 0 Å². The molecular weight excluding hydrogens is 294 g/mol. The van der Waals surface area contributed by atoms with Gasteiger partial charge in [-0.15, -0.1) is 0 Å². The monoisotopic (exact) mass is 309 g/mol. The lowest BCUT2D eigenvalue weighted by molar-refractivity contribution is 0.174. The molecular formula is C18H15NO4. The van der Waals surface area contributed by atoms with E-state index in [1.54, 1.807) is 13.3 Å². The molecule has 0 saturated carbocycles. The molecule has 23 heavy (non-hydrogen) atoms. The molecule has 5 nitrogen and oxygen atoms in total. The fraction of sp³-hybridized carbons (Fsp3) is 0.167. The van der Waals surface area contributed by atoms with E-state index in [0.29, 0.717) is 17.2 Å². The number of nitrogens with zero attached hydrogens (tertiary/aromatic N) is 1. The van der Waals surface area contributed by atoms with Crippen LogP contribution in [0.3, 0.4) is 0 Å². The zero-order chi connectivity index (χ0) is 15.8. The Morgan fingerprint density at radius 1 is 1.09 bits per heavy atom. The number of benzene rings is 2. The van der Waals surface area contributed by atoms with Gasteiger partial charge in [0.2, 0.25) is 6.79 Å². The zero-order valence-electron chi connectivity index (χ0n) is 12.5. The van der Waals surface area contributed by atoms with Gasteiger partial charge in [-0.1, -0.05) is 12.1 Å². The molecule has 0 radical (unpaired) electrons. The number of methoxy groups -OCH3 is 1. The van der Waals surface area contributed by atoms with Crippen LogP contribution in [0, 0.1) is 0 Å². The Kier molecular flexibility index (Phi) is 3.28. The summed E-state index contributed by atoms with van der Waals surface area (Å²) in [6.07, 6.45) is 0.858. The third kappa shape index (κ3) is 2.35. The highest BCUT2D eigenvalue weighted by atomic mass is 16.7. The fourth-order valence-corrected chi connectivity index (χ4v) is 2.75. The number of aliphatic hydroxyl groups is 1. The molecule has 0 saturated heterocycles. The smallest absolute Gasteiger partial charge is 0.231 e. The van der Waals surface area contributed by atoms with Crippen LogP contribution in [0.4, 0.5) is 0 Å². The van der Waals surface area contributed by atoms with Gasteiger partial charge >= 0.3 is 0 Å². The molecule has 0 aliphatic carbocycles. The molecule has 1 atom stereocenters. The SMILES string of the molecule is COc1ccc(C(O)c2nccc3cc4c(cc23)OCO4)cc1. The zero-order valence-corrected chi connectivity index (χ0v) is 12.5. The summed E-state index contributed by atoms with van der Waals surface area (Å²) in [5.74, 6) is 2.14. The lowest BCUT2D eigenvalue weighted by atomic mass is 10.0. The van der Waals surface area contributed by atoms with Crippen LogP contribution in [0.25, 0.3) is 10.8 Å². The quantitative estimate of drug-likeness (QED) is 0.805. The number of fused-ring (bicyclic) bond motifs is 2. The Morgan fingerprint density at radius 2 is 1.83 bits per heavy atom. The molecule has 5 heteroatoms. The molecule has 116 valence electrons. The highest BCUT2D eigenvalue weighted by Crippen LogP contribution is 2.38. The number of rotatable bonds is 3. The number of hydrogen-bond acceptors (Lipinski definition) is 5. The standard InChI is InChI=1S/C18H15NO4/c1-21-13-4-2-11(3-5-13)18(20)17-14-9-16-15(22-10-23-16)8-12(14)6-7-19-17/h2-9,18,20H,10H2,1H3. The maximum Gasteiger partial charge on any atom is 0.231 e. The van der Waals surface area contributed by atoms with Crippen molar-refractivity contribution in [3.05, 3.63) is 59.9 Å². The molecule has 4 rings (SSSR count).